The Labute approximate surface area is 346 Å². The predicted molar refractivity (Wildman–Crippen MR) is 222 cm³/mol. The average Bonchev–Trinajstić information content (AvgIpc) is 4.12. The monoisotopic (exact) mass is 831 g/mol. The van der Waals surface area contributed by atoms with Crippen molar-refractivity contribution in [3.05, 3.63) is 54.6 Å². The van der Waals surface area contributed by atoms with Gasteiger partial charge >= 0.3 is 6.09 Å². The minimum Gasteiger partial charge on any atom is -0.497 e. The summed E-state index contributed by atoms with van der Waals surface area (Å²) in [6.45, 7) is 12.5. The van der Waals surface area contributed by atoms with E-state index in [-0.39, 0.29) is 13.0 Å². The number of sulfonamides is 1. The number of rotatable bonds is 13. The minimum absolute atomic E-state index is 0.0294. The first-order chi connectivity index (χ1) is 27.7. The summed E-state index contributed by atoms with van der Waals surface area (Å²) in [6.07, 6.45) is 2.24. The summed E-state index contributed by atoms with van der Waals surface area (Å²) in [5.41, 5.74) is -1.50. The lowest BCUT2D eigenvalue weighted by molar-refractivity contribution is -0.143. The average molecular weight is 832 g/mol. The molecule has 3 N–H and O–H groups in total. The normalized spacial score (nSPS) is 23.2. The van der Waals surface area contributed by atoms with Gasteiger partial charge in [-0.1, -0.05) is 64.4 Å². The van der Waals surface area contributed by atoms with Gasteiger partial charge in [-0.25, -0.2) is 18.2 Å². The number of likely N-dealkylation sites (tertiary alicyclic amines) is 1. The molecule has 1 aromatic heterocycles. The van der Waals surface area contributed by atoms with Crippen LogP contribution in [0.2, 0.25) is 0 Å². The summed E-state index contributed by atoms with van der Waals surface area (Å²) in [5, 5.41) is 6.43. The van der Waals surface area contributed by atoms with E-state index in [1.807, 2.05) is 55.5 Å². The fourth-order valence-corrected chi connectivity index (χ4v) is 10.3. The lowest BCUT2D eigenvalue weighted by Gasteiger charge is -2.36. The number of nitrogens with one attached hydrogen (secondary N) is 3. The van der Waals surface area contributed by atoms with Gasteiger partial charge in [0.25, 0.3) is 5.91 Å². The number of pyridine rings is 1. The number of benzene rings is 2. The van der Waals surface area contributed by atoms with Gasteiger partial charge in [-0.05, 0) is 76.8 Å². The molecule has 4 atom stereocenters. The maximum atomic E-state index is 14.8. The highest BCUT2D eigenvalue weighted by Crippen LogP contribution is 2.73. The number of fused-ring (bicyclic) bond motifs is 1. The van der Waals surface area contributed by atoms with Crippen molar-refractivity contribution in [1.82, 2.24) is 25.2 Å². The van der Waals surface area contributed by atoms with Gasteiger partial charge in [-0.2, -0.15) is 0 Å². The molecule has 3 aromatic rings. The van der Waals surface area contributed by atoms with Crippen molar-refractivity contribution in [2.24, 2.45) is 10.8 Å². The van der Waals surface area contributed by atoms with Crippen molar-refractivity contribution in [2.45, 2.75) is 134 Å². The van der Waals surface area contributed by atoms with Crippen LogP contribution in [0.15, 0.2) is 54.6 Å². The molecule has 4 fully saturated rings. The number of ether oxygens (including phenoxy) is 3. The molecule has 1 spiro atoms. The first-order valence-electron chi connectivity index (χ1n) is 20.6. The van der Waals surface area contributed by atoms with Crippen molar-refractivity contribution in [2.75, 3.05) is 13.7 Å². The molecule has 4 aliphatic rings. The van der Waals surface area contributed by atoms with Crippen LogP contribution >= 0.6 is 0 Å². The summed E-state index contributed by atoms with van der Waals surface area (Å²) in [6, 6.07) is 14.7. The number of alkyl carbamates (subject to hydrolysis) is 1. The van der Waals surface area contributed by atoms with Gasteiger partial charge in [-0.15, -0.1) is 0 Å². The number of amides is 4. The Morgan fingerprint density at radius 1 is 0.966 bits per heavy atom. The minimum atomic E-state index is -4.00. The molecule has 14 nitrogen and oxygen atoms in total. The number of aromatic nitrogens is 1. The smallest absolute Gasteiger partial charge is 0.408 e. The summed E-state index contributed by atoms with van der Waals surface area (Å²) >= 11 is 0. The molecule has 15 heteroatoms. The Kier molecular flexibility index (Phi) is 10.7. The molecule has 1 unspecified atom stereocenters. The SMILES string of the molecule is CCCC1(S(=O)(=O)NC(=O)C2(NC(=O)[C@@H]3C[C@@H](Oc4cc(-c5ccccc5)nc5cc(OC)ccc45)CN3C(=O)[C@@H](NC(=O)OC(C)(C)C)C(C)(C)C)CC23CC3)CC1. The maximum absolute atomic E-state index is 14.8. The first-order valence-corrected chi connectivity index (χ1v) is 22.0. The van der Waals surface area contributed by atoms with Gasteiger partial charge < -0.3 is 29.7 Å². The second-order valence-corrected chi connectivity index (χ2v) is 21.0. The van der Waals surface area contributed by atoms with E-state index >= 15 is 0 Å². The Hall–Kier alpha value is -4.92. The number of carbonyl (C=O) groups is 4. The highest BCUT2D eigenvalue weighted by molar-refractivity contribution is 7.91. The van der Waals surface area contributed by atoms with Crippen LogP contribution in [0.5, 0.6) is 11.5 Å². The van der Waals surface area contributed by atoms with Crippen LogP contribution in [0.1, 0.15) is 99.8 Å². The van der Waals surface area contributed by atoms with E-state index in [2.05, 4.69) is 15.4 Å². The Morgan fingerprint density at radius 3 is 2.24 bits per heavy atom. The molecule has 3 aliphatic carbocycles. The molecule has 1 saturated heterocycles. The zero-order valence-corrected chi connectivity index (χ0v) is 36.1. The summed E-state index contributed by atoms with van der Waals surface area (Å²) in [4.78, 5) is 63.0. The lowest BCUT2D eigenvalue weighted by Crippen LogP contribution is -2.60. The third-order valence-electron chi connectivity index (χ3n) is 12.2. The van der Waals surface area contributed by atoms with E-state index in [9.17, 15) is 27.6 Å². The number of hydrogen-bond donors (Lipinski definition) is 3. The second kappa shape index (κ2) is 15.0. The van der Waals surface area contributed by atoms with E-state index in [1.54, 1.807) is 54.7 Å². The fourth-order valence-electron chi connectivity index (χ4n) is 8.58. The summed E-state index contributed by atoms with van der Waals surface area (Å²) < 4.78 is 46.3. The molecular formula is C44H57N5O9S. The van der Waals surface area contributed by atoms with Crippen LogP contribution in [0.4, 0.5) is 4.79 Å². The van der Waals surface area contributed by atoms with E-state index in [4.69, 9.17) is 19.2 Å². The second-order valence-electron chi connectivity index (χ2n) is 18.9. The largest absolute Gasteiger partial charge is 0.497 e. The zero-order valence-electron chi connectivity index (χ0n) is 35.3. The van der Waals surface area contributed by atoms with Crippen LogP contribution in [0.3, 0.4) is 0 Å². The third kappa shape index (κ3) is 8.31. The van der Waals surface area contributed by atoms with Crippen molar-refractivity contribution < 1.29 is 41.8 Å². The molecule has 7 rings (SSSR count). The highest BCUT2D eigenvalue weighted by Gasteiger charge is 2.79. The molecular weight excluding hydrogens is 775 g/mol. The van der Waals surface area contributed by atoms with Crippen LogP contribution in [0, 0.1) is 10.8 Å². The lowest BCUT2D eigenvalue weighted by atomic mass is 9.85. The van der Waals surface area contributed by atoms with Crippen LogP contribution < -0.4 is 24.8 Å². The molecule has 2 heterocycles. The Balaban J connectivity index is 1.21. The molecule has 2 aromatic carbocycles. The zero-order chi connectivity index (χ0) is 42.8. The molecule has 0 bridgehead atoms. The van der Waals surface area contributed by atoms with Gasteiger partial charge in [-0.3, -0.25) is 19.1 Å². The predicted octanol–water partition coefficient (Wildman–Crippen LogP) is 6.02. The standard InChI is InChI=1S/C44H57N5O9S/c1-9-17-43(20-21-43)59(54,55)48-38(52)44(26-42(44)18-19-42)47-36(50)33-23-29(25-49(33)37(51)35(40(2,3)4)46-39(53)58-41(5,6)7)57-34-24-31(27-13-11-10-12-14-27)45-32-22-28(56-8)15-16-30(32)34/h10-16,22,24,29,33,35H,9,17-21,23,25-26H2,1-8H3,(H,46,53)(H,47,50)(H,48,52)/t29-,33+,35-,44?/m1/s1. The number of carbonyl (C=O) groups excluding carboxylic acids is 4. The van der Waals surface area contributed by atoms with Gasteiger partial charge in [0.2, 0.25) is 21.8 Å². The molecule has 3 saturated carbocycles. The fraction of sp³-hybridized carbons (Fsp3) is 0.568. The van der Waals surface area contributed by atoms with E-state index in [0.717, 1.165) is 5.56 Å². The number of nitrogens with zero attached hydrogens (tertiary/aromatic N) is 2. The van der Waals surface area contributed by atoms with Gasteiger partial charge in [0.15, 0.2) is 0 Å². The van der Waals surface area contributed by atoms with E-state index < -0.39 is 78.7 Å². The third-order valence-corrected chi connectivity index (χ3v) is 14.4. The van der Waals surface area contributed by atoms with Crippen molar-refractivity contribution in [3.63, 3.8) is 0 Å². The maximum Gasteiger partial charge on any atom is 0.408 e. The van der Waals surface area contributed by atoms with Crippen molar-refractivity contribution >= 4 is 44.7 Å². The van der Waals surface area contributed by atoms with E-state index in [0.29, 0.717) is 73.0 Å². The Morgan fingerprint density at radius 2 is 1.66 bits per heavy atom. The number of methoxy groups -OCH3 is 1. The first kappa shape index (κ1) is 42.2. The molecule has 4 amide bonds. The van der Waals surface area contributed by atoms with Crippen LogP contribution in [-0.4, -0.2) is 89.8 Å². The van der Waals surface area contributed by atoms with Gasteiger partial charge in [0, 0.05) is 34.9 Å². The molecule has 59 heavy (non-hydrogen) atoms. The quantitative estimate of drug-likeness (QED) is 0.184. The summed E-state index contributed by atoms with van der Waals surface area (Å²) in [7, 11) is -2.42. The Bertz CT molecular complexity index is 2260. The van der Waals surface area contributed by atoms with E-state index in [1.165, 1.54) is 4.90 Å². The van der Waals surface area contributed by atoms with Crippen molar-refractivity contribution in [1.29, 1.82) is 0 Å². The highest BCUT2D eigenvalue weighted by atomic mass is 32.2. The van der Waals surface area contributed by atoms with Crippen molar-refractivity contribution in [3.8, 4) is 22.8 Å². The summed E-state index contributed by atoms with van der Waals surface area (Å²) in [5.74, 6) is -0.777. The topological polar surface area (TPSA) is 182 Å². The molecule has 1 aliphatic heterocycles. The molecule has 0 radical (unpaired) electrons. The van der Waals surface area contributed by atoms with Gasteiger partial charge in [0.05, 0.1) is 29.6 Å². The van der Waals surface area contributed by atoms with Gasteiger partial charge in [0.1, 0.15) is 40.8 Å². The number of hydrogen-bond acceptors (Lipinski definition) is 10. The van der Waals surface area contributed by atoms with Crippen LogP contribution in [0.25, 0.3) is 22.2 Å². The van der Waals surface area contributed by atoms with Crippen LogP contribution in [-0.2, 0) is 29.1 Å². The molecule has 318 valence electrons.